The summed E-state index contributed by atoms with van der Waals surface area (Å²) < 4.78 is 4.58. The molecule has 0 atom stereocenters. The maximum atomic E-state index is 11.9. The standard InChI is InChI=1S/C29H33N3O3/c1-20-9-13-22(14-10-20)27-28(23-15-11-21(2)12-16-23)31-29-25(30-27)8-6-18-32(29)17-5-4-7-24(33)19-26(34)35-3/h9-16H,4-8,17-19H2,1-3H3. The van der Waals surface area contributed by atoms with E-state index in [0.717, 1.165) is 72.8 Å². The Balaban J connectivity index is 1.58. The first kappa shape index (κ1) is 24.6. The summed E-state index contributed by atoms with van der Waals surface area (Å²) in [5.74, 6) is 0.409. The van der Waals surface area contributed by atoms with Crippen LogP contribution in [0, 0.1) is 13.8 Å². The lowest BCUT2D eigenvalue weighted by Crippen LogP contribution is -2.32. The second-order valence-corrected chi connectivity index (χ2v) is 9.26. The maximum Gasteiger partial charge on any atom is 0.313 e. The van der Waals surface area contributed by atoms with E-state index < -0.39 is 5.97 Å². The van der Waals surface area contributed by atoms with Crippen molar-refractivity contribution in [3.63, 3.8) is 0 Å². The van der Waals surface area contributed by atoms with Crippen LogP contribution in [0.5, 0.6) is 0 Å². The number of ketones is 1. The van der Waals surface area contributed by atoms with Crippen molar-refractivity contribution in [1.29, 1.82) is 0 Å². The zero-order chi connectivity index (χ0) is 24.8. The quantitative estimate of drug-likeness (QED) is 0.234. The molecule has 0 saturated carbocycles. The molecule has 0 N–H and O–H groups in total. The number of aromatic nitrogens is 2. The topological polar surface area (TPSA) is 72.4 Å². The van der Waals surface area contributed by atoms with Crippen molar-refractivity contribution >= 4 is 17.6 Å². The van der Waals surface area contributed by atoms with E-state index in [1.165, 1.54) is 18.2 Å². The molecule has 2 aromatic carbocycles. The van der Waals surface area contributed by atoms with Crippen LogP contribution in [0.2, 0.25) is 0 Å². The Hall–Kier alpha value is -3.54. The predicted molar refractivity (Wildman–Crippen MR) is 138 cm³/mol. The molecule has 0 unspecified atom stereocenters. The van der Waals surface area contributed by atoms with Gasteiger partial charge < -0.3 is 9.64 Å². The number of ether oxygens (including phenoxy) is 1. The molecule has 6 heteroatoms. The Morgan fingerprint density at radius 1 is 0.886 bits per heavy atom. The van der Waals surface area contributed by atoms with E-state index in [4.69, 9.17) is 9.97 Å². The first-order valence-corrected chi connectivity index (χ1v) is 12.3. The highest BCUT2D eigenvalue weighted by Gasteiger charge is 2.23. The number of rotatable bonds is 9. The summed E-state index contributed by atoms with van der Waals surface area (Å²) in [6.07, 6.45) is 3.78. The van der Waals surface area contributed by atoms with E-state index in [9.17, 15) is 9.59 Å². The first-order chi connectivity index (χ1) is 16.9. The highest BCUT2D eigenvalue weighted by atomic mass is 16.5. The predicted octanol–water partition coefficient (Wildman–Crippen LogP) is 5.48. The van der Waals surface area contributed by atoms with Gasteiger partial charge in [0.15, 0.2) is 5.82 Å². The van der Waals surface area contributed by atoms with E-state index in [0.29, 0.717) is 6.42 Å². The molecule has 0 spiro atoms. The number of nitrogens with zero attached hydrogens (tertiary/aromatic N) is 3. The summed E-state index contributed by atoms with van der Waals surface area (Å²) in [7, 11) is 1.31. The maximum absolute atomic E-state index is 11.9. The van der Waals surface area contributed by atoms with Crippen LogP contribution in [0.15, 0.2) is 48.5 Å². The molecule has 0 fully saturated rings. The van der Waals surface area contributed by atoms with Crippen molar-refractivity contribution in [2.45, 2.75) is 52.4 Å². The number of anilines is 1. The van der Waals surface area contributed by atoms with Gasteiger partial charge in [0.05, 0.1) is 24.2 Å². The molecule has 2 heterocycles. The van der Waals surface area contributed by atoms with Crippen LogP contribution >= 0.6 is 0 Å². The third kappa shape index (κ3) is 6.13. The van der Waals surface area contributed by atoms with Crippen LogP contribution in [0.25, 0.3) is 22.5 Å². The van der Waals surface area contributed by atoms with Gasteiger partial charge in [0, 0.05) is 30.6 Å². The second kappa shape index (κ2) is 11.3. The van der Waals surface area contributed by atoms with E-state index in [-0.39, 0.29) is 12.2 Å². The fourth-order valence-electron chi connectivity index (χ4n) is 4.41. The van der Waals surface area contributed by atoms with E-state index in [1.54, 1.807) is 0 Å². The Morgan fingerprint density at radius 2 is 1.49 bits per heavy atom. The molecule has 1 aliphatic heterocycles. The van der Waals surface area contributed by atoms with Gasteiger partial charge in [-0.3, -0.25) is 9.59 Å². The zero-order valence-electron chi connectivity index (χ0n) is 20.8. The molecule has 0 bridgehead atoms. The summed E-state index contributed by atoms with van der Waals surface area (Å²) in [4.78, 5) is 35.9. The molecule has 1 aliphatic rings. The van der Waals surface area contributed by atoms with Crippen molar-refractivity contribution in [3.05, 3.63) is 65.4 Å². The van der Waals surface area contributed by atoms with Gasteiger partial charge in [-0.05, 0) is 39.5 Å². The summed E-state index contributed by atoms with van der Waals surface area (Å²) in [5, 5.41) is 0. The molecule has 0 aliphatic carbocycles. The fraction of sp³-hybridized carbons (Fsp3) is 0.379. The minimum absolute atomic E-state index is 0.0694. The molecular formula is C29H33N3O3. The van der Waals surface area contributed by atoms with Crippen LogP contribution < -0.4 is 4.90 Å². The summed E-state index contributed by atoms with van der Waals surface area (Å²) >= 11 is 0. The Labute approximate surface area is 207 Å². The van der Waals surface area contributed by atoms with Crippen molar-refractivity contribution < 1.29 is 14.3 Å². The number of methoxy groups -OCH3 is 1. The number of hydrogen-bond donors (Lipinski definition) is 0. The minimum atomic E-state index is -0.469. The molecule has 0 saturated heterocycles. The van der Waals surface area contributed by atoms with Crippen LogP contribution in [0.1, 0.15) is 48.9 Å². The normalized spacial score (nSPS) is 12.8. The minimum Gasteiger partial charge on any atom is -0.469 e. The van der Waals surface area contributed by atoms with Gasteiger partial charge in [-0.25, -0.2) is 9.97 Å². The number of Topliss-reactive ketones (excluding diaryl/α,β-unsaturated/α-hetero) is 1. The van der Waals surface area contributed by atoms with Crippen molar-refractivity contribution in [3.8, 4) is 22.5 Å². The lowest BCUT2D eigenvalue weighted by molar-refractivity contribution is -0.143. The number of aryl methyl sites for hydroxylation is 3. The summed E-state index contributed by atoms with van der Waals surface area (Å²) in [6, 6.07) is 16.9. The van der Waals surface area contributed by atoms with Crippen LogP contribution in [0.4, 0.5) is 5.82 Å². The van der Waals surface area contributed by atoms with Gasteiger partial charge in [0.1, 0.15) is 12.2 Å². The third-order valence-corrected chi connectivity index (χ3v) is 6.44. The largest absolute Gasteiger partial charge is 0.469 e. The molecule has 0 radical (unpaired) electrons. The molecule has 3 aromatic rings. The van der Waals surface area contributed by atoms with Gasteiger partial charge in [0.2, 0.25) is 0 Å². The number of esters is 1. The highest BCUT2D eigenvalue weighted by molar-refractivity contribution is 5.95. The molecule has 1 aromatic heterocycles. The number of hydrogen-bond acceptors (Lipinski definition) is 6. The summed E-state index contributed by atoms with van der Waals surface area (Å²) in [6.45, 7) is 5.91. The average Bonchev–Trinajstić information content (AvgIpc) is 2.87. The molecular weight excluding hydrogens is 438 g/mol. The lowest BCUT2D eigenvalue weighted by Gasteiger charge is -2.30. The number of benzene rings is 2. The Kier molecular flexibility index (Phi) is 7.91. The lowest BCUT2D eigenvalue weighted by atomic mass is 10.0. The number of carbonyl (C=O) groups is 2. The monoisotopic (exact) mass is 471 g/mol. The average molecular weight is 472 g/mol. The Bertz CT molecular complexity index is 1190. The molecule has 0 amide bonds. The van der Waals surface area contributed by atoms with Crippen molar-refractivity contribution in [1.82, 2.24) is 9.97 Å². The van der Waals surface area contributed by atoms with Crippen LogP contribution in [-0.2, 0) is 20.7 Å². The number of carbonyl (C=O) groups excluding carboxylic acids is 2. The van der Waals surface area contributed by atoms with Gasteiger partial charge >= 0.3 is 5.97 Å². The molecule has 35 heavy (non-hydrogen) atoms. The second-order valence-electron chi connectivity index (χ2n) is 9.26. The third-order valence-electron chi connectivity index (χ3n) is 6.44. The zero-order valence-corrected chi connectivity index (χ0v) is 20.8. The number of unbranched alkanes of at least 4 members (excludes halogenated alkanes) is 1. The van der Waals surface area contributed by atoms with Crippen molar-refractivity contribution in [2.24, 2.45) is 0 Å². The molecule has 4 rings (SSSR count). The SMILES string of the molecule is COC(=O)CC(=O)CCCCN1CCCc2nc(-c3ccc(C)cc3)c(-c3ccc(C)cc3)nc21. The van der Waals surface area contributed by atoms with E-state index in [1.807, 2.05) is 0 Å². The first-order valence-electron chi connectivity index (χ1n) is 12.3. The fourth-order valence-corrected chi connectivity index (χ4v) is 4.41. The van der Waals surface area contributed by atoms with Crippen LogP contribution in [0.3, 0.4) is 0 Å². The molecule has 6 nitrogen and oxygen atoms in total. The van der Waals surface area contributed by atoms with Gasteiger partial charge in [0.25, 0.3) is 0 Å². The van der Waals surface area contributed by atoms with E-state index >= 15 is 0 Å². The van der Waals surface area contributed by atoms with Gasteiger partial charge in [-0.1, -0.05) is 59.7 Å². The van der Waals surface area contributed by atoms with E-state index in [2.05, 4.69) is 72.0 Å². The van der Waals surface area contributed by atoms with Crippen LogP contribution in [-0.4, -0.2) is 41.9 Å². The summed E-state index contributed by atoms with van der Waals surface area (Å²) in [5.41, 5.74) is 7.40. The van der Waals surface area contributed by atoms with Gasteiger partial charge in [-0.2, -0.15) is 0 Å². The molecule has 182 valence electrons. The Morgan fingerprint density at radius 3 is 2.09 bits per heavy atom. The number of fused-ring (bicyclic) bond motifs is 1. The van der Waals surface area contributed by atoms with Gasteiger partial charge in [-0.15, -0.1) is 0 Å². The van der Waals surface area contributed by atoms with Crippen molar-refractivity contribution in [2.75, 3.05) is 25.1 Å². The smallest absolute Gasteiger partial charge is 0.313 e. The highest BCUT2D eigenvalue weighted by Crippen LogP contribution is 2.35.